The third-order valence-electron chi connectivity index (χ3n) is 4.67. The van der Waals surface area contributed by atoms with Gasteiger partial charge in [-0.1, -0.05) is 0 Å². The van der Waals surface area contributed by atoms with Crippen LogP contribution < -0.4 is 0 Å². The van der Waals surface area contributed by atoms with Gasteiger partial charge in [-0.25, -0.2) is 0 Å². The molecule has 1 aliphatic carbocycles. The number of piperidine rings is 1. The van der Waals surface area contributed by atoms with Gasteiger partial charge in [0.1, 0.15) is 12.2 Å². The van der Waals surface area contributed by atoms with E-state index in [4.69, 9.17) is 0 Å². The molecule has 0 bridgehead atoms. The van der Waals surface area contributed by atoms with Crippen LogP contribution in [0.4, 0.5) is 13.2 Å². The molecule has 3 rings (SSSR count). The first-order valence-electron chi connectivity index (χ1n) is 7.39. The molecule has 1 spiro atoms. The second-order valence-electron chi connectivity index (χ2n) is 6.17. The van der Waals surface area contributed by atoms with Crippen LogP contribution in [0.15, 0.2) is 12.3 Å². The molecule has 122 valence electrons. The van der Waals surface area contributed by atoms with Crippen LogP contribution in [0.2, 0.25) is 0 Å². The Balaban J connectivity index is 1.83. The molecule has 1 saturated heterocycles. The monoisotopic (exact) mass is 317 g/mol. The molecular weight excluding hydrogens is 299 g/mol. The van der Waals surface area contributed by atoms with E-state index >= 15 is 0 Å². The van der Waals surface area contributed by atoms with Gasteiger partial charge in [0.2, 0.25) is 0 Å². The molecule has 8 heteroatoms. The minimum atomic E-state index is -4.42. The highest BCUT2D eigenvalue weighted by atomic mass is 19.4. The van der Waals surface area contributed by atoms with Crippen LogP contribution in [-0.2, 0) is 6.54 Å². The number of nitrogens with zero attached hydrogens (tertiary/aromatic N) is 3. The van der Waals surface area contributed by atoms with Gasteiger partial charge in [-0.05, 0) is 38.2 Å². The van der Waals surface area contributed by atoms with Gasteiger partial charge < -0.3 is 10.0 Å². The number of alkyl halides is 3. The molecule has 1 atom stereocenters. The largest absolute Gasteiger partial charge is 0.408 e. The highest BCUT2D eigenvalue weighted by molar-refractivity contribution is 5.93. The molecular formula is C14H18F3N3O2. The topological polar surface area (TPSA) is 58.4 Å². The molecule has 2 fully saturated rings. The van der Waals surface area contributed by atoms with Crippen molar-refractivity contribution in [1.82, 2.24) is 14.7 Å². The predicted molar refractivity (Wildman–Crippen MR) is 71.1 cm³/mol. The zero-order chi connectivity index (χ0) is 16.0. The summed E-state index contributed by atoms with van der Waals surface area (Å²) < 4.78 is 38.4. The first kappa shape index (κ1) is 15.3. The van der Waals surface area contributed by atoms with Crippen molar-refractivity contribution in [2.75, 3.05) is 6.54 Å². The molecule has 2 heterocycles. The van der Waals surface area contributed by atoms with Gasteiger partial charge in [-0.2, -0.15) is 18.3 Å². The van der Waals surface area contributed by atoms with Crippen LogP contribution in [0, 0.1) is 0 Å². The van der Waals surface area contributed by atoms with Crippen molar-refractivity contribution >= 4 is 5.91 Å². The van der Waals surface area contributed by atoms with Gasteiger partial charge in [0.05, 0.1) is 6.10 Å². The maximum atomic E-state index is 12.7. The van der Waals surface area contributed by atoms with E-state index in [1.165, 1.54) is 12.3 Å². The first-order valence-corrected chi connectivity index (χ1v) is 7.39. The Kier molecular flexibility index (Phi) is 3.66. The van der Waals surface area contributed by atoms with Crippen molar-refractivity contribution in [3.63, 3.8) is 0 Å². The van der Waals surface area contributed by atoms with Crippen molar-refractivity contribution in [3.8, 4) is 0 Å². The summed E-state index contributed by atoms with van der Waals surface area (Å²) in [5.74, 6) is -0.423. The molecule has 5 nitrogen and oxygen atoms in total. The van der Waals surface area contributed by atoms with Gasteiger partial charge in [0, 0.05) is 18.3 Å². The average Bonchev–Trinajstić information content (AvgIpc) is 2.81. The lowest BCUT2D eigenvalue weighted by Gasteiger charge is -2.54. The number of amides is 1. The second-order valence-corrected chi connectivity index (χ2v) is 6.17. The summed E-state index contributed by atoms with van der Waals surface area (Å²) in [4.78, 5) is 14.3. The number of halogens is 3. The fourth-order valence-corrected chi connectivity index (χ4v) is 3.49. The Bertz CT molecular complexity index is 566. The number of aliphatic hydroxyl groups is 1. The van der Waals surface area contributed by atoms with Gasteiger partial charge in [0.15, 0.2) is 0 Å². The SMILES string of the molecule is O=C(c1ccnn1CC(F)(F)F)N1CCC(O)CC12CCC2. The van der Waals surface area contributed by atoms with Gasteiger partial charge >= 0.3 is 6.18 Å². The van der Waals surface area contributed by atoms with Crippen molar-refractivity contribution in [2.24, 2.45) is 0 Å². The zero-order valence-electron chi connectivity index (χ0n) is 12.0. The molecule has 1 unspecified atom stereocenters. The van der Waals surface area contributed by atoms with Crippen molar-refractivity contribution < 1.29 is 23.1 Å². The number of aliphatic hydroxyl groups excluding tert-OH is 1. The van der Waals surface area contributed by atoms with Crippen molar-refractivity contribution in [1.29, 1.82) is 0 Å². The lowest BCUT2D eigenvalue weighted by molar-refractivity contribution is -0.142. The van der Waals surface area contributed by atoms with Crippen LogP contribution in [0.1, 0.15) is 42.6 Å². The summed E-state index contributed by atoms with van der Waals surface area (Å²) in [6.45, 7) is -0.901. The highest BCUT2D eigenvalue weighted by Crippen LogP contribution is 2.45. The zero-order valence-corrected chi connectivity index (χ0v) is 12.0. The summed E-state index contributed by atoms with van der Waals surface area (Å²) in [5, 5.41) is 13.5. The molecule has 1 aliphatic heterocycles. The lowest BCUT2D eigenvalue weighted by atomic mass is 9.69. The highest BCUT2D eigenvalue weighted by Gasteiger charge is 2.49. The molecule has 1 saturated carbocycles. The Morgan fingerprint density at radius 3 is 2.77 bits per heavy atom. The molecule has 2 aliphatic rings. The van der Waals surface area contributed by atoms with Gasteiger partial charge in [-0.3, -0.25) is 9.48 Å². The second kappa shape index (κ2) is 5.26. The maximum Gasteiger partial charge on any atom is 0.408 e. The van der Waals surface area contributed by atoms with Crippen LogP contribution in [-0.4, -0.2) is 50.1 Å². The number of carbonyl (C=O) groups excluding carboxylic acids is 1. The molecule has 0 aromatic carbocycles. The summed E-state index contributed by atoms with van der Waals surface area (Å²) in [5.41, 5.74) is -0.428. The van der Waals surface area contributed by atoms with E-state index in [2.05, 4.69) is 5.10 Å². The fraction of sp³-hybridized carbons (Fsp3) is 0.714. The van der Waals surface area contributed by atoms with Crippen LogP contribution >= 0.6 is 0 Å². The molecule has 1 N–H and O–H groups in total. The minimum absolute atomic E-state index is 0.0417. The molecule has 1 aromatic heterocycles. The Hall–Kier alpha value is -1.57. The molecule has 0 radical (unpaired) electrons. The summed E-state index contributed by atoms with van der Waals surface area (Å²) in [6.07, 6.45) is -0.125. The average molecular weight is 317 g/mol. The number of aromatic nitrogens is 2. The first-order chi connectivity index (χ1) is 10.3. The number of likely N-dealkylation sites (tertiary alicyclic amines) is 1. The summed E-state index contributed by atoms with van der Waals surface area (Å²) in [7, 11) is 0. The fourth-order valence-electron chi connectivity index (χ4n) is 3.49. The Labute approximate surface area is 125 Å². The van der Waals surface area contributed by atoms with Crippen LogP contribution in [0.3, 0.4) is 0 Å². The van der Waals surface area contributed by atoms with Gasteiger partial charge in [0.25, 0.3) is 5.91 Å². The number of hydrogen-bond acceptors (Lipinski definition) is 3. The van der Waals surface area contributed by atoms with Crippen LogP contribution in [0.25, 0.3) is 0 Å². The van der Waals surface area contributed by atoms with E-state index in [0.717, 1.165) is 19.3 Å². The van der Waals surface area contributed by atoms with Crippen LogP contribution in [0.5, 0.6) is 0 Å². The normalized spacial score (nSPS) is 24.4. The maximum absolute atomic E-state index is 12.7. The van der Waals surface area contributed by atoms with E-state index in [0.29, 0.717) is 24.1 Å². The minimum Gasteiger partial charge on any atom is -0.393 e. The standard InChI is InChI=1S/C14H18F3N3O2/c15-14(16,17)9-20-11(2-6-18-20)12(22)19-7-3-10(21)8-13(19)4-1-5-13/h2,6,10,21H,1,3-5,7-9H2. The van der Waals surface area contributed by atoms with Gasteiger partial charge in [-0.15, -0.1) is 0 Å². The van der Waals surface area contributed by atoms with E-state index in [-0.39, 0.29) is 11.2 Å². The van der Waals surface area contributed by atoms with E-state index in [9.17, 15) is 23.1 Å². The number of rotatable bonds is 2. The van der Waals surface area contributed by atoms with Crippen molar-refractivity contribution in [3.05, 3.63) is 18.0 Å². The summed E-state index contributed by atoms with van der Waals surface area (Å²) in [6, 6.07) is 1.32. The smallest absolute Gasteiger partial charge is 0.393 e. The van der Waals surface area contributed by atoms with E-state index in [1.54, 1.807) is 4.90 Å². The molecule has 22 heavy (non-hydrogen) atoms. The predicted octanol–water partition coefficient (Wildman–Crippen LogP) is 1.96. The Morgan fingerprint density at radius 1 is 1.45 bits per heavy atom. The third kappa shape index (κ3) is 2.71. The Morgan fingerprint density at radius 2 is 2.18 bits per heavy atom. The number of hydrogen-bond donors (Lipinski definition) is 1. The van der Waals surface area contributed by atoms with E-state index < -0.39 is 24.7 Å². The number of carbonyl (C=O) groups is 1. The summed E-state index contributed by atoms with van der Waals surface area (Å²) >= 11 is 0. The lowest BCUT2D eigenvalue weighted by Crippen LogP contribution is -2.61. The van der Waals surface area contributed by atoms with E-state index in [1.807, 2.05) is 0 Å². The molecule has 1 aromatic rings. The van der Waals surface area contributed by atoms with Crippen molar-refractivity contribution in [2.45, 2.75) is 56.5 Å². The molecule has 1 amide bonds. The quantitative estimate of drug-likeness (QED) is 0.907. The third-order valence-corrected chi connectivity index (χ3v) is 4.67.